The topological polar surface area (TPSA) is 229 Å². The summed E-state index contributed by atoms with van der Waals surface area (Å²) in [5.41, 5.74) is 8.62. The van der Waals surface area contributed by atoms with Gasteiger partial charge < -0.3 is 20.9 Å². The summed E-state index contributed by atoms with van der Waals surface area (Å²) in [6.07, 6.45) is -10.6. The zero-order valence-electron chi connectivity index (χ0n) is 27.6. The molecule has 6 rings (SSSR count). The molecule has 0 aliphatic carbocycles. The maximum Gasteiger partial charge on any atom is 0.573 e. The molecule has 0 heterocycles. The molecule has 0 atom stereocenters. The molecule has 0 aliphatic rings. The molecule has 0 aliphatic heterocycles. The molecule has 0 fully saturated rings. The zero-order chi connectivity index (χ0) is 40.8. The Morgan fingerprint density at radius 2 is 0.839 bits per heavy atom. The van der Waals surface area contributed by atoms with Crippen molar-refractivity contribution in [2.75, 3.05) is 11.5 Å². The Balaban J connectivity index is 1.42. The first-order valence-electron chi connectivity index (χ1n) is 15.3. The standard InChI is InChI=1S/C34H22F6N6O8S2/c35-33(36,37)53-27-15-17(9-11-23(27)43-45-25-13-19-5-1-3-7-21(19)31(29(25)41)55(47,48)49)18-10-12-24(28(16-18)54-34(38,39)40)44-46-26-14-20-6-2-4-8-22(20)32(30(26)42)56(50,51)52/h1-16H,41-42H2,(H,47,48,49)(H,50,51,52)/b45-43+,46-44+. The maximum absolute atomic E-state index is 13.5. The Morgan fingerprint density at radius 1 is 0.500 bits per heavy atom. The van der Waals surface area contributed by atoms with Gasteiger partial charge in [0.2, 0.25) is 0 Å². The second-order valence-corrected chi connectivity index (χ2v) is 14.2. The SMILES string of the molecule is Nc1c(/N=N/c2ccc(-c3ccc(/N=N/c4cc5ccccc5c(S(=O)(=O)O)c4N)c(OC(F)(F)F)c3)cc2OC(F)(F)F)cc2ccccc2c1S(=O)(=O)O. The van der Waals surface area contributed by atoms with Gasteiger partial charge in [-0.05, 0) is 58.3 Å². The third kappa shape index (κ3) is 8.62. The van der Waals surface area contributed by atoms with Crippen molar-refractivity contribution in [2.24, 2.45) is 20.5 Å². The number of hydrogen-bond acceptors (Lipinski definition) is 12. The van der Waals surface area contributed by atoms with Crippen molar-refractivity contribution in [1.29, 1.82) is 0 Å². The summed E-state index contributed by atoms with van der Waals surface area (Å²) in [6, 6.07) is 19.9. The summed E-state index contributed by atoms with van der Waals surface area (Å²) >= 11 is 0. The molecule has 0 aromatic heterocycles. The lowest BCUT2D eigenvalue weighted by Gasteiger charge is -2.15. The molecular formula is C34H22F6N6O8S2. The minimum absolute atomic E-state index is 0.0300. The van der Waals surface area contributed by atoms with E-state index in [1.54, 1.807) is 0 Å². The van der Waals surface area contributed by atoms with E-state index in [2.05, 4.69) is 29.9 Å². The van der Waals surface area contributed by atoms with Crippen molar-refractivity contribution in [1.82, 2.24) is 0 Å². The van der Waals surface area contributed by atoms with Gasteiger partial charge in [-0.2, -0.15) is 16.8 Å². The number of anilines is 2. The third-order valence-electron chi connectivity index (χ3n) is 7.79. The Hall–Kier alpha value is -6.36. The van der Waals surface area contributed by atoms with Crippen molar-refractivity contribution in [3.8, 4) is 22.6 Å². The fourth-order valence-electron chi connectivity index (χ4n) is 5.53. The fraction of sp³-hybridized carbons (Fsp3) is 0.0588. The van der Waals surface area contributed by atoms with Crippen LogP contribution in [0.1, 0.15) is 0 Å². The van der Waals surface area contributed by atoms with E-state index >= 15 is 0 Å². The van der Waals surface area contributed by atoms with Crippen LogP contribution in [-0.4, -0.2) is 38.7 Å². The van der Waals surface area contributed by atoms with Gasteiger partial charge in [-0.1, -0.05) is 60.7 Å². The molecule has 0 unspecified atom stereocenters. The first kappa shape index (κ1) is 39.3. The number of benzene rings is 6. The smallest absolute Gasteiger partial charge is 0.403 e. The predicted octanol–water partition coefficient (Wildman–Crippen LogP) is 9.95. The number of nitrogens with zero attached hydrogens (tertiary/aromatic N) is 4. The van der Waals surface area contributed by atoms with E-state index in [9.17, 15) is 52.3 Å². The van der Waals surface area contributed by atoms with Crippen molar-refractivity contribution < 1.29 is 61.8 Å². The number of nitrogens with two attached hydrogens (primary N) is 2. The molecule has 0 amide bonds. The Labute approximate surface area is 311 Å². The zero-order valence-corrected chi connectivity index (χ0v) is 29.2. The summed E-state index contributed by atoms with van der Waals surface area (Å²) in [5, 5.41) is 15.6. The van der Waals surface area contributed by atoms with Gasteiger partial charge in [0.1, 0.15) is 32.5 Å². The second-order valence-electron chi connectivity index (χ2n) is 11.5. The highest BCUT2D eigenvalue weighted by molar-refractivity contribution is 7.86. The van der Waals surface area contributed by atoms with Crippen LogP contribution in [0, 0.1) is 0 Å². The van der Waals surface area contributed by atoms with Crippen LogP contribution in [0.3, 0.4) is 0 Å². The fourth-order valence-corrected chi connectivity index (χ4v) is 7.23. The molecule has 22 heteroatoms. The number of hydrogen-bond donors (Lipinski definition) is 4. The summed E-state index contributed by atoms with van der Waals surface area (Å²) in [6.45, 7) is 0. The molecule has 0 bridgehead atoms. The Morgan fingerprint density at radius 3 is 1.18 bits per heavy atom. The average Bonchev–Trinajstić information content (AvgIpc) is 3.08. The van der Waals surface area contributed by atoms with Crippen LogP contribution in [0.2, 0.25) is 0 Å². The number of azo groups is 2. The van der Waals surface area contributed by atoms with E-state index in [1.165, 1.54) is 60.7 Å². The van der Waals surface area contributed by atoms with E-state index in [1.807, 2.05) is 0 Å². The van der Waals surface area contributed by atoms with Crippen molar-refractivity contribution >= 4 is 75.9 Å². The van der Waals surface area contributed by atoms with E-state index < -0.39 is 77.0 Å². The summed E-state index contributed by atoms with van der Waals surface area (Å²) < 4.78 is 158. The van der Waals surface area contributed by atoms with Gasteiger partial charge >= 0.3 is 12.7 Å². The molecule has 56 heavy (non-hydrogen) atoms. The van der Waals surface area contributed by atoms with Crippen molar-refractivity contribution in [3.05, 3.63) is 97.1 Å². The summed E-state index contributed by atoms with van der Waals surface area (Å²) in [4.78, 5) is -1.43. The van der Waals surface area contributed by atoms with E-state index in [4.69, 9.17) is 11.5 Å². The largest absolute Gasteiger partial charge is 0.573 e. The van der Waals surface area contributed by atoms with Gasteiger partial charge in [0.15, 0.2) is 11.5 Å². The van der Waals surface area contributed by atoms with Crippen LogP contribution in [0.4, 0.5) is 60.5 Å². The van der Waals surface area contributed by atoms with Crippen LogP contribution in [0.15, 0.2) is 127 Å². The highest BCUT2D eigenvalue weighted by Gasteiger charge is 2.34. The van der Waals surface area contributed by atoms with Gasteiger partial charge in [-0.15, -0.1) is 46.8 Å². The molecule has 6 aromatic carbocycles. The molecule has 6 aromatic rings. The third-order valence-corrected chi connectivity index (χ3v) is 9.70. The molecule has 0 saturated heterocycles. The first-order chi connectivity index (χ1) is 26.1. The molecule has 290 valence electrons. The first-order valence-corrected chi connectivity index (χ1v) is 18.2. The Bertz CT molecular complexity index is 2640. The van der Waals surface area contributed by atoms with Crippen molar-refractivity contribution in [2.45, 2.75) is 22.5 Å². The predicted molar refractivity (Wildman–Crippen MR) is 190 cm³/mol. The minimum atomic E-state index is -5.31. The van der Waals surface area contributed by atoms with Crippen LogP contribution in [0.25, 0.3) is 32.7 Å². The Kier molecular flexibility index (Phi) is 10.1. The second kappa shape index (κ2) is 14.4. The monoisotopic (exact) mass is 820 g/mol. The highest BCUT2D eigenvalue weighted by atomic mass is 32.2. The highest BCUT2D eigenvalue weighted by Crippen LogP contribution is 2.43. The lowest BCUT2D eigenvalue weighted by molar-refractivity contribution is -0.275. The summed E-state index contributed by atoms with van der Waals surface area (Å²) in [5.74, 6) is -1.98. The van der Waals surface area contributed by atoms with Crippen molar-refractivity contribution in [3.63, 3.8) is 0 Å². The maximum atomic E-state index is 13.5. The normalized spacial score (nSPS) is 12.9. The number of rotatable bonds is 9. The molecular weight excluding hydrogens is 799 g/mol. The van der Waals surface area contributed by atoms with Gasteiger partial charge in [0, 0.05) is 10.8 Å². The van der Waals surface area contributed by atoms with Gasteiger partial charge in [-0.3, -0.25) is 9.11 Å². The number of ether oxygens (including phenoxy) is 2. The quantitative estimate of drug-likeness (QED) is 0.0467. The van der Waals surface area contributed by atoms with Crippen LogP contribution < -0.4 is 20.9 Å². The van der Waals surface area contributed by atoms with Crippen LogP contribution in [0.5, 0.6) is 11.5 Å². The summed E-state index contributed by atoms with van der Waals surface area (Å²) in [7, 11) is -9.83. The van der Waals surface area contributed by atoms with Gasteiger partial charge in [-0.25, -0.2) is 0 Å². The molecule has 0 radical (unpaired) electrons. The van der Waals surface area contributed by atoms with E-state index in [0.717, 1.165) is 36.4 Å². The number of halogens is 6. The van der Waals surface area contributed by atoms with Gasteiger partial charge in [0.25, 0.3) is 20.2 Å². The average molecular weight is 821 g/mol. The lowest BCUT2D eigenvalue weighted by Crippen LogP contribution is -2.17. The van der Waals surface area contributed by atoms with Crippen LogP contribution >= 0.6 is 0 Å². The lowest BCUT2D eigenvalue weighted by atomic mass is 10.0. The van der Waals surface area contributed by atoms with Gasteiger partial charge in [0.05, 0.1) is 11.4 Å². The van der Waals surface area contributed by atoms with E-state index in [-0.39, 0.29) is 44.0 Å². The molecule has 0 spiro atoms. The van der Waals surface area contributed by atoms with E-state index in [0.29, 0.717) is 0 Å². The molecule has 6 N–H and O–H groups in total. The molecule has 0 saturated carbocycles. The number of alkyl halides is 6. The molecule has 14 nitrogen and oxygen atoms in total. The minimum Gasteiger partial charge on any atom is -0.403 e. The number of nitrogen functional groups attached to an aromatic ring is 2. The number of fused-ring (bicyclic) bond motifs is 2. The van der Waals surface area contributed by atoms with Crippen LogP contribution in [-0.2, 0) is 20.2 Å².